The van der Waals surface area contributed by atoms with Gasteiger partial charge in [-0.3, -0.25) is 4.79 Å². The van der Waals surface area contributed by atoms with E-state index in [4.69, 9.17) is 8.83 Å². The minimum atomic E-state index is -0.909. The number of benzene rings is 1. The highest BCUT2D eigenvalue weighted by atomic mass is 19.1. The maximum atomic E-state index is 13.9. The van der Waals surface area contributed by atoms with Crippen molar-refractivity contribution in [3.63, 3.8) is 0 Å². The molecule has 2 aromatic heterocycles. The molecule has 0 aliphatic carbocycles. The second-order valence-electron chi connectivity index (χ2n) is 5.33. The number of carbonyl (C=O) groups is 1. The van der Waals surface area contributed by atoms with Crippen LogP contribution in [0.25, 0.3) is 11.7 Å². The smallest absolute Gasteiger partial charge is 0.283 e. The van der Waals surface area contributed by atoms with Crippen molar-refractivity contribution in [1.82, 2.24) is 15.1 Å². The molecule has 0 spiro atoms. The van der Waals surface area contributed by atoms with E-state index in [9.17, 15) is 13.6 Å². The number of hydrogen-bond acceptors (Lipinski definition) is 5. The zero-order chi connectivity index (χ0) is 17.8. The van der Waals surface area contributed by atoms with E-state index >= 15 is 0 Å². The van der Waals surface area contributed by atoms with Gasteiger partial charge in [-0.25, -0.2) is 8.78 Å². The molecule has 0 N–H and O–H groups in total. The third-order valence-electron chi connectivity index (χ3n) is 3.47. The van der Waals surface area contributed by atoms with Gasteiger partial charge in [-0.05, 0) is 30.7 Å². The lowest BCUT2D eigenvalue weighted by Crippen LogP contribution is -2.32. The zero-order valence-corrected chi connectivity index (χ0v) is 13.4. The Hall–Kier alpha value is -3.03. The number of carbonyl (C=O) groups excluding carboxylic acids is 1. The number of amides is 1. The summed E-state index contributed by atoms with van der Waals surface area (Å²) in [5.41, 5.74) is -0.208. The van der Waals surface area contributed by atoms with Crippen molar-refractivity contribution < 1.29 is 22.4 Å². The molecule has 0 saturated heterocycles. The quantitative estimate of drug-likeness (QED) is 0.680. The maximum Gasteiger partial charge on any atom is 0.283 e. The molecule has 0 unspecified atom stereocenters. The summed E-state index contributed by atoms with van der Waals surface area (Å²) in [7, 11) is 0. The molecule has 3 aromatic rings. The third kappa shape index (κ3) is 3.73. The van der Waals surface area contributed by atoms with E-state index in [1.54, 1.807) is 12.1 Å². The zero-order valence-electron chi connectivity index (χ0n) is 13.4. The van der Waals surface area contributed by atoms with Crippen molar-refractivity contribution in [2.45, 2.75) is 19.9 Å². The molecule has 0 saturated carbocycles. The van der Waals surface area contributed by atoms with Gasteiger partial charge < -0.3 is 13.7 Å². The highest BCUT2D eigenvalue weighted by molar-refractivity contribution is 5.94. The predicted octanol–water partition coefficient (Wildman–Crippen LogP) is 3.66. The molecule has 3 rings (SSSR count). The molecule has 0 atom stereocenters. The Balaban J connectivity index is 1.80. The SMILES string of the molecule is CCCN(Cc1nnc(-c2ccco2)o1)C(=O)c1ccc(F)cc1F. The minimum Gasteiger partial charge on any atom is -0.459 e. The van der Waals surface area contributed by atoms with Crippen LogP contribution in [0.2, 0.25) is 0 Å². The lowest BCUT2D eigenvalue weighted by atomic mass is 10.1. The molecule has 8 heteroatoms. The molecule has 0 bridgehead atoms. The van der Waals surface area contributed by atoms with Crippen molar-refractivity contribution in [3.05, 3.63) is 59.7 Å². The summed E-state index contributed by atoms with van der Waals surface area (Å²) in [5, 5.41) is 7.74. The summed E-state index contributed by atoms with van der Waals surface area (Å²) >= 11 is 0. The van der Waals surface area contributed by atoms with E-state index in [-0.39, 0.29) is 23.9 Å². The average Bonchev–Trinajstić information content (AvgIpc) is 3.25. The van der Waals surface area contributed by atoms with Crippen molar-refractivity contribution in [2.24, 2.45) is 0 Å². The first-order valence-corrected chi connectivity index (χ1v) is 7.69. The van der Waals surface area contributed by atoms with Gasteiger partial charge in [0.25, 0.3) is 11.8 Å². The van der Waals surface area contributed by atoms with Crippen molar-refractivity contribution >= 4 is 5.91 Å². The van der Waals surface area contributed by atoms with Gasteiger partial charge in [0.1, 0.15) is 11.6 Å². The summed E-state index contributed by atoms with van der Waals surface area (Å²) in [6.45, 7) is 2.24. The largest absolute Gasteiger partial charge is 0.459 e. The molecule has 0 aliphatic rings. The molecule has 6 nitrogen and oxygen atoms in total. The van der Waals surface area contributed by atoms with Gasteiger partial charge in [-0.15, -0.1) is 10.2 Å². The topological polar surface area (TPSA) is 72.4 Å². The Bertz CT molecular complexity index is 862. The van der Waals surface area contributed by atoms with Gasteiger partial charge in [0.2, 0.25) is 5.89 Å². The maximum absolute atomic E-state index is 13.9. The number of halogens is 2. The number of furan rings is 1. The Labute approximate surface area is 142 Å². The lowest BCUT2D eigenvalue weighted by Gasteiger charge is -2.20. The Morgan fingerprint density at radius 1 is 1.24 bits per heavy atom. The van der Waals surface area contributed by atoms with Gasteiger partial charge in [0, 0.05) is 12.6 Å². The van der Waals surface area contributed by atoms with Crippen LogP contribution in [0.5, 0.6) is 0 Å². The summed E-state index contributed by atoms with van der Waals surface area (Å²) in [6.07, 6.45) is 2.12. The van der Waals surface area contributed by atoms with E-state index in [0.717, 1.165) is 12.1 Å². The van der Waals surface area contributed by atoms with E-state index in [1.807, 2.05) is 6.92 Å². The standard InChI is InChI=1S/C17H15F2N3O3/c1-2-7-22(17(23)12-6-5-11(18)9-13(12)19)10-15-20-21-16(25-15)14-4-3-8-24-14/h3-6,8-9H,2,7,10H2,1H3. The lowest BCUT2D eigenvalue weighted by molar-refractivity contribution is 0.0723. The van der Waals surface area contributed by atoms with Crippen LogP contribution in [0.1, 0.15) is 29.6 Å². The highest BCUT2D eigenvalue weighted by Crippen LogP contribution is 2.20. The van der Waals surface area contributed by atoms with Crippen LogP contribution in [0, 0.1) is 11.6 Å². The average molecular weight is 347 g/mol. The summed E-state index contributed by atoms with van der Waals surface area (Å²) in [4.78, 5) is 13.9. The second kappa shape index (κ2) is 7.25. The Kier molecular flexibility index (Phi) is 4.87. The number of aromatic nitrogens is 2. The summed E-state index contributed by atoms with van der Waals surface area (Å²) in [6, 6.07) is 6.20. The second-order valence-corrected chi connectivity index (χ2v) is 5.33. The summed E-state index contributed by atoms with van der Waals surface area (Å²) < 4.78 is 37.6. The molecular weight excluding hydrogens is 332 g/mol. The highest BCUT2D eigenvalue weighted by Gasteiger charge is 2.22. The predicted molar refractivity (Wildman–Crippen MR) is 83.4 cm³/mol. The Morgan fingerprint density at radius 2 is 2.08 bits per heavy atom. The van der Waals surface area contributed by atoms with Crippen molar-refractivity contribution in [1.29, 1.82) is 0 Å². The minimum absolute atomic E-state index is 0.0111. The van der Waals surface area contributed by atoms with Crippen LogP contribution >= 0.6 is 0 Å². The van der Waals surface area contributed by atoms with Crippen LogP contribution < -0.4 is 0 Å². The van der Waals surface area contributed by atoms with Gasteiger partial charge in [0.05, 0.1) is 18.4 Å². The number of rotatable bonds is 6. The fraction of sp³-hybridized carbons (Fsp3) is 0.235. The van der Waals surface area contributed by atoms with Crippen LogP contribution in [0.15, 0.2) is 45.4 Å². The molecular formula is C17H15F2N3O3. The Morgan fingerprint density at radius 3 is 2.76 bits per heavy atom. The molecule has 0 radical (unpaired) electrons. The molecule has 2 heterocycles. The van der Waals surface area contributed by atoms with Gasteiger partial charge in [0.15, 0.2) is 5.76 Å². The molecule has 130 valence electrons. The van der Waals surface area contributed by atoms with E-state index in [0.29, 0.717) is 24.8 Å². The van der Waals surface area contributed by atoms with E-state index < -0.39 is 17.5 Å². The molecule has 0 aliphatic heterocycles. The normalized spacial score (nSPS) is 10.8. The fourth-order valence-corrected chi connectivity index (χ4v) is 2.34. The van der Waals surface area contributed by atoms with Gasteiger partial charge in [-0.2, -0.15) is 0 Å². The summed E-state index contributed by atoms with van der Waals surface area (Å²) in [5.74, 6) is -1.43. The first-order valence-electron chi connectivity index (χ1n) is 7.69. The van der Waals surface area contributed by atoms with Crippen molar-refractivity contribution in [2.75, 3.05) is 6.54 Å². The monoisotopic (exact) mass is 347 g/mol. The van der Waals surface area contributed by atoms with Gasteiger partial charge >= 0.3 is 0 Å². The molecule has 1 aromatic carbocycles. The van der Waals surface area contributed by atoms with Crippen LogP contribution in [-0.2, 0) is 6.54 Å². The number of hydrogen-bond donors (Lipinski definition) is 0. The van der Waals surface area contributed by atoms with Crippen LogP contribution in [0.4, 0.5) is 8.78 Å². The first kappa shape index (κ1) is 16.8. The first-order chi connectivity index (χ1) is 12.1. The molecule has 0 fully saturated rings. The van der Waals surface area contributed by atoms with Crippen molar-refractivity contribution in [3.8, 4) is 11.7 Å². The van der Waals surface area contributed by atoms with Crippen LogP contribution in [-0.4, -0.2) is 27.5 Å². The van der Waals surface area contributed by atoms with Crippen LogP contribution in [0.3, 0.4) is 0 Å². The number of nitrogens with zero attached hydrogens (tertiary/aromatic N) is 3. The van der Waals surface area contributed by atoms with Gasteiger partial charge in [-0.1, -0.05) is 6.92 Å². The third-order valence-corrected chi connectivity index (χ3v) is 3.47. The molecule has 1 amide bonds. The fourth-order valence-electron chi connectivity index (χ4n) is 2.34. The van der Waals surface area contributed by atoms with E-state index in [1.165, 1.54) is 11.2 Å². The van der Waals surface area contributed by atoms with E-state index in [2.05, 4.69) is 10.2 Å². The molecule has 25 heavy (non-hydrogen) atoms.